The Labute approximate surface area is 153 Å². The van der Waals surface area contributed by atoms with E-state index in [1.165, 1.54) is 9.13 Å². The van der Waals surface area contributed by atoms with Gasteiger partial charge in [-0.25, -0.2) is 4.98 Å². The van der Waals surface area contributed by atoms with E-state index >= 15 is 0 Å². The Hall–Kier alpha value is -2.41. The summed E-state index contributed by atoms with van der Waals surface area (Å²) in [6.07, 6.45) is 7.38. The van der Waals surface area contributed by atoms with Crippen LogP contribution in [-0.2, 0) is 0 Å². The van der Waals surface area contributed by atoms with Crippen molar-refractivity contribution in [3.05, 3.63) is 76.5 Å². The first-order valence-corrected chi connectivity index (χ1v) is 8.68. The molecule has 0 amide bonds. The minimum Gasteiger partial charge on any atom is -0.355 e. The van der Waals surface area contributed by atoms with E-state index in [-0.39, 0.29) is 0 Å². The lowest BCUT2D eigenvalue weighted by Gasteiger charge is -2.12. The van der Waals surface area contributed by atoms with Crippen LogP contribution in [-0.4, -0.2) is 14.5 Å². The Bertz CT molecular complexity index is 1010. The molecule has 2 aromatic heterocycles. The number of hydrogen-bond donors (Lipinski definition) is 1. The molecule has 4 aromatic rings. The van der Waals surface area contributed by atoms with Gasteiger partial charge < -0.3 is 9.88 Å². The topological polar surface area (TPSA) is 42.7 Å². The molecule has 4 rings (SSSR count). The van der Waals surface area contributed by atoms with Crippen molar-refractivity contribution >= 4 is 44.9 Å². The molecule has 0 fully saturated rings. The molecule has 2 heterocycles. The molecule has 0 unspecified atom stereocenters. The Balaban J connectivity index is 1.77. The summed E-state index contributed by atoms with van der Waals surface area (Å²) in [5.41, 5.74) is 5.37. The van der Waals surface area contributed by atoms with Crippen LogP contribution in [0.3, 0.4) is 0 Å². The molecule has 0 saturated heterocycles. The molecule has 0 saturated carbocycles. The molecule has 118 valence electrons. The zero-order valence-electron chi connectivity index (χ0n) is 13.1. The third-order valence-electron chi connectivity index (χ3n) is 3.85. The molecule has 0 bridgehead atoms. The number of halogens is 1. The predicted molar refractivity (Wildman–Crippen MR) is 106 cm³/mol. The molecule has 5 heteroatoms. The molecule has 0 radical (unpaired) electrons. The van der Waals surface area contributed by atoms with Crippen molar-refractivity contribution in [3.63, 3.8) is 0 Å². The Kier molecular flexibility index (Phi) is 3.93. The van der Waals surface area contributed by atoms with Gasteiger partial charge in [0.15, 0.2) is 0 Å². The second kappa shape index (κ2) is 6.24. The van der Waals surface area contributed by atoms with Gasteiger partial charge in [-0.15, -0.1) is 0 Å². The lowest BCUT2D eigenvalue weighted by atomic mass is 10.1. The minimum absolute atomic E-state index is 0.989. The van der Waals surface area contributed by atoms with Gasteiger partial charge in [0.2, 0.25) is 0 Å². The van der Waals surface area contributed by atoms with Crippen molar-refractivity contribution in [2.24, 2.45) is 0 Å². The first-order chi connectivity index (χ1) is 11.7. The number of aromatic nitrogens is 3. The van der Waals surface area contributed by atoms with E-state index in [0.29, 0.717) is 0 Å². The molecule has 1 N–H and O–H groups in total. The fourth-order valence-corrected chi connectivity index (χ4v) is 3.27. The third-order valence-corrected chi connectivity index (χ3v) is 4.52. The van der Waals surface area contributed by atoms with Crippen molar-refractivity contribution in [1.82, 2.24) is 14.5 Å². The fraction of sp³-hybridized carbons (Fsp3) is 0.0526. The van der Waals surface area contributed by atoms with Crippen molar-refractivity contribution < 1.29 is 0 Å². The number of aryl methyl sites for hydroxylation is 1. The molecule has 2 aromatic carbocycles. The molecular weight excluding hydrogens is 411 g/mol. The van der Waals surface area contributed by atoms with Crippen molar-refractivity contribution in [3.8, 4) is 5.69 Å². The molecule has 24 heavy (non-hydrogen) atoms. The molecular formula is C19H15IN4. The molecule has 4 nitrogen and oxygen atoms in total. The average molecular weight is 426 g/mol. The van der Waals surface area contributed by atoms with E-state index < -0.39 is 0 Å². The second-order valence-electron chi connectivity index (χ2n) is 5.67. The fourth-order valence-electron chi connectivity index (χ4n) is 2.78. The van der Waals surface area contributed by atoms with Gasteiger partial charge in [-0.05, 0) is 77.5 Å². The summed E-state index contributed by atoms with van der Waals surface area (Å²) >= 11 is 2.33. The second-order valence-corrected chi connectivity index (χ2v) is 6.92. The Morgan fingerprint density at radius 1 is 1.04 bits per heavy atom. The number of rotatable bonds is 3. The monoisotopic (exact) mass is 426 g/mol. The maximum absolute atomic E-state index is 4.44. The number of nitrogens with one attached hydrogen (secondary N) is 1. The number of nitrogens with zero attached hydrogens (tertiary/aromatic N) is 3. The summed E-state index contributed by atoms with van der Waals surface area (Å²) in [6.45, 7) is 2.10. The van der Waals surface area contributed by atoms with Crippen LogP contribution in [0.25, 0.3) is 16.6 Å². The zero-order chi connectivity index (χ0) is 16.5. The average Bonchev–Trinajstić information content (AvgIpc) is 3.09. The van der Waals surface area contributed by atoms with E-state index in [0.717, 1.165) is 28.0 Å². The summed E-state index contributed by atoms with van der Waals surface area (Å²) < 4.78 is 3.20. The Morgan fingerprint density at radius 3 is 2.79 bits per heavy atom. The predicted octanol–water partition coefficient (Wildman–Crippen LogP) is 5.08. The summed E-state index contributed by atoms with van der Waals surface area (Å²) in [5.74, 6) is 0. The van der Waals surface area contributed by atoms with Gasteiger partial charge in [0.05, 0.1) is 11.8 Å². The van der Waals surface area contributed by atoms with Gasteiger partial charge in [-0.1, -0.05) is 0 Å². The molecule has 0 aliphatic heterocycles. The minimum atomic E-state index is 0.989. The van der Waals surface area contributed by atoms with Crippen LogP contribution in [0.2, 0.25) is 0 Å². The largest absolute Gasteiger partial charge is 0.355 e. The number of imidazole rings is 1. The first-order valence-electron chi connectivity index (χ1n) is 7.60. The highest BCUT2D eigenvalue weighted by Crippen LogP contribution is 2.28. The van der Waals surface area contributed by atoms with Gasteiger partial charge in [0.1, 0.15) is 0 Å². The first kappa shape index (κ1) is 15.1. The maximum atomic E-state index is 4.44. The number of anilines is 2. The van der Waals surface area contributed by atoms with Crippen LogP contribution in [0.15, 0.2) is 67.4 Å². The number of fused-ring (bicyclic) bond motifs is 1. The van der Waals surface area contributed by atoms with Crippen LogP contribution < -0.4 is 5.32 Å². The van der Waals surface area contributed by atoms with Crippen LogP contribution in [0.4, 0.5) is 11.4 Å². The normalized spacial score (nSPS) is 10.9. The quantitative estimate of drug-likeness (QED) is 0.465. The number of benzene rings is 2. The highest BCUT2D eigenvalue weighted by molar-refractivity contribution is 14.1. The maximum Gasteiger partial charge on any atom is 0.0991 e. The van der Waals surface area contributed by atoms with Gasteiger partial charge in [0, 0.05) is 44.6 Å². The van der Waals surface area contributed by atoms with E-state index in [1.807, 2.05) is 29.4 Å². The lowest BCUT2D eigenvalue weighted by Crippen LogP contribution is -1.97. The van der Waals surface area contributed by atoms with Crippen molar-refractivity contribution in [2.75, 3.05) is 5.32 Å². The summed E-state index contributed by atoms with van der Waals surface area (Å²) in [6, 6.07) is 14.7. The molecule has 0 aliphatic carbocycles. The van der Waals surface area contributed by atoms with Gasteiger partial charge in [-0.2, -0.15) is 0 Å². The van der Waals surface area contributed by atoms with Crippen molar-refractivity contribution in [2.45, 2.75) is 6.92 Å². The van der Waals surface area contributed by atoms with Gasteiger partial charge in [-0.3, -0.25) is 4.98 Å². The van der Waals surface area contributed by atoms with Gasteiger partial charge in [0.25, 0.3) is 0 Å². The SMILES string of the molecule is Cc1cc(Nc2ccnc3ccc(I)cc23)cc(-n2ccnc2)c1. The number of hydrogen-bond acceptors (Lipinski definition) is 3. The highest BCUT2D eigenvalue weighted by atomic mass is 127. The van der Waals surface area contributed by atoms with E-state index in [4.69, 9.17) is 0 Å². The summed E-state index contributed by atoms with van der Waals surface area (Å²) in [7, 11) is 0. The third kappa shape index (κ3) is 2.99. The van der Waals surface area contributed by atoms with E-state index in [1.54, 1.807) is 6.20 Å². The smallest absolute Gasteiger partial charge is 0.0991 e. The van der Waals surface area contributed by atoms with Crippen LogP contribution in [0.1, 0.15) is 5.56 Å². The number of pyridine rings is 1. The van der Waals surface area contributed by atoms with Crippen LogP contribution in [0, 0.1) is 10.5 Å². The zero-order valence-corrected chi connectivity index (χ0v) is 15.2. The highest BCUT2D eigenvalue weighted by Gasteiger charge is 2.05. The van der Waals surface area contributed by atoms with Gasteiger partial charge >= 0.3 is 0 Å². The standard InChI is InChI=1S/C19H15IN4/c1-13-8-15(11-16(9-13)24-7-6-21-12-24)23-19-4-5-22-18-3-2-14(20)10-17(18)19/h2-12H,1H3,(H,22,23). The van der Waals surface area contributed by atoms with E-state index in [9.17, 15) is 0 Å². The lowest BCUT2D eigenvalue weighted by molar-refractivity contribution is 1.05. The molecule has 0 spiro atoms. The van der Waals surface area contributed by atoms with Crippen LogP contribution >= 0.6 is 22.6 Å². The van der Waals surface area contributed by atoms with Crippen molar-refractivity contribution in [1.29, 1.82) is 0 Å². The summed E-state index contributed by atoms with van der Waals surface area (Å²) in [4.78, 5) is 8.57. The van der Waals surface area contributed by atoms with E-state index in [2.05, 4.69) is 81.2 Å². The molecule has 0 aliphatic rings. The van der Waals surface area contributed by atoms with Crippen LogP contribution in [0.5, 0.6) is 0 Å². The summed E-state index contributed by atoms with van der Waals surface area (Å²) in [5, 5.41) is 4.66. The Morgan fingerprint density at radius 2 is 1.96 bits per heavy atom. The molecule has 0 atom stereocenters.